The Morgan fingerprint density at radius 3 is 2.69 bits per heavy atom. The van der Waals surface area contributed by atoms with E-state index in [0.717, 1.165) is 43.9 Å². The van der Waals surface area contributed by atoms with Crippen LogP contribution in [0.1, 0.15) is 40.2 Å². The van der Waals surface area contributed by atoms with Gasteiger partial charge < -0.3 is 10.2 Å². The minimum Gasteiger partial charge on any atom is -0.483 e. The molecule has 1 saturated heterocycles. The van der Waals surface area contributed by atoms with Gasteiger partial charge in [0.05, 0.1) is 0 Å². The van der Waals surface area contributed by atoms with Crippen LogP contribution in [0, 0.1) is 0 Å². The summed E-state index contributed by atoms with van der Waals surface area (Å²) in [5, 5.41) is 20.5. The van der Waals surface area contributed by atoms with E-state index < -0.39 is 5.97 Å². The highest BCUT2D eigenvalue weighted by molar-refractivity contribution is 5.87. The largest absolute Gasteiger partial charge is 0.483 e. The molecule has 2 aliphatic rings. The van der Waals surface area contributed by atoms with E-state index in [9.17, 15) is 9.90 Å². The molecule has 1 aromatic heterocycles. The van der Waals surface area contributed by atoms with E-state index >= 15 is 0 Å². The Morgan fingerprint density at radius 2 is 2.00 bits per heavy atom. The molecule has 1 fully saturated rings. The molecule has 0 spiro atoms. The summed E-state index contributed by atoms with van der Waals surface area (Å²) in [4.78, 5) is 24.8. The normalized spacial score (nSPS) is 19.3. The first kappa shape index (κ1) is 21.0. The van der Waals surface area contributed by atoms with Crippen molar-refractivity contribution in [1.82, 2.24) is 19.6 Å². The molecule has 2 aliphatic heterocycles. The number of aryl methyl sites for hydroxylation is 1. The number of rotatable bonds is 5. The number of aromatic nitrogens is 2. The van der Waals surface area contributed by atoms with Crippen molar-refractivity contribution in [3.05, 3.63) is 52.8 Å². The SMILES string of the molecule is Cn1nc(C(=O)O)c2c1CCN(C[C@H]1CCCN1Cc1ccccc1)C2.O=CO. The zero-order valence-electron chi connectivity index (χ0n) is 16.7. The monoisotopic (exact) mass is 400 g/mol. The summed E-state index contributed by atoms with van der Waals surface area (Å²) < 4.78 is 1.74. The Bertz CT molecular complexity index is 837. The number of nitrogens with zero attached hydrogens (tertiary/aromatic N) is 4. The Balaban J connectivity index is 0.000000755. The maximum Gasteiger partial charge on any atom is 0.356 e. The molecule has 1 atom stereocenters. The van der Waals surface area contributed by atoms with Gasteiger partial charge in [-0.1, -0.05) is 30.3 Å². The quantitative estimate of drug-likeness (QED) is 0.739. The minimum atomic E-state index is -0.921. The Kier molecular flexibility index (Phi) is 7.00. The van der Waals surface area contributed by atoms with Crippen molar-refractivity contribution >= 4 is 12.4 Å². The third kappa shape index (κ3) is 5.02. The molecule has 0 amide bonds. The van der Waals surface area contributed by atoms with Gasteiger partial charge in [-0.25, -0.2) is 4.79 Å². The van der Waals surface area contributed by atoms with Crippen LogP contribution in [0.3, 0.4) is 0 Å². The number of hydrogen-bond acceptors (Lipinski definition) is 5. The van der Waals surface area contributed by atoms with Crippen LogP contribution in [0.25, 0.3) is 0 Å². The summed E-state index contributed by atoms with van der Waals surface area (Å²) in [5.74, 6) is -0.921. The second-order valence-electron chi connectivity index (χ2n) is 7.55. The molecule has 8 nitrogen and oxygen atoms in total. The van der Waals surface area contributed by atoms with Crippen LogP contribution in [0.2, 0.25) is 0 Å². The van der Waals surface area contributed by atoms with Gasteiger partial charge >= 0.3 is 5.97 Å². The number of benzene rings is 1. The molecular weight excluding hydrogens is 372 g/mol. The average Bonchev–Trinajstić information content (AvgIpc) is 3.27. The van der Waals surface area contributed by atoms with Crippen molar-refractivity contribution < 1.29 is 19.8 Å². The maximum atomic E-state index is 11.5. The summed E-state index contributed by atoms with van der Waals surface area (Å²) in [6, 6.07) is 11.2. The van der Waals surface area contributed by atoms with E-state index in [1.165, 1.54) is 18.4 Å². The Labute approximate surface area is 170 Å². The number of carboxylic acids is 1. The van der Waals surface area contributed by atoms with E-state index in [2.05, 4.69) is 45.2 Å². The molecule has 156 valence electrons. The third-order valence-corrected chi connectivity index (χ3v) is 5.72. The number of carboxylic acid groups (broad SMARTS) is 2. The van der Waals surface area contributed by atoms with Gasteiger partial charge in [0, 0.05) is 56.9 Å². The van der Waals surface area contributed by atoms with Crippen molar-refractivity contribution in [1.29, 1.82) is 0 Å². The average molecular weight is 400 g/mol. The highest BCUT2D eigenvalue weighted by Crippen LogP contribution is 2.26. The number of likely N-dealkylation sites (tertiary alicyclic amines) is 1. The molecule has 1 aromatic carbocycles. The van der Waals surface area contributed by atoms with Crippen LogP contribution in [-0.2, 0) is 31.4 Å². The smallest absolute Gasteiger partial charge is 0.356 e. The summed E-state index contributed by atoms with van der Waals surface area (Å²) in [6.45, 7) is 4.56. The highest BCUT2D eigenvalue weighted by atomic mass is 16.4. The third-order valence-electron chi connectivity index (χ3n) is 5.72. The zero-order valence-corrected chi connectivity index (χ0v) is 16.7. The van der Waals surface area contributed by atoms with Gasteiger partial charge in [-0.15, -0.1) is 0 Å². The predicted octanol–water partition coefficient (Wildman–Crippen LogP) is 1.84. The Morgan fingerprint density at radius 1 is 1.28 bits per heavy atom. The highest BCUT2D eigenvalue weighted by Gasteiger charge is 2.31. The molecule has 0 aliphatic carbocycles. The fraction of sp³-hybridized carbons (Fsp3) is 0.476. The summed E-state index contributed by atoms with van der Waals surface area (Å²) in [7, 11) is 1.85. The minimum absolute atomic E-state index is 0.222. The first-order valence-electron chi connectivity index (χ1n) is 9.89. The van der Waals surface area contributed by atoms with Crippen molar-refractivity contribution in [2.45, 2.75) is 38.4 Å². The molecule has 29 heavy (non-hydrogen) atoms. The standard InChI is InChI=1S/C20H26N4O2.CH2O2/c1-22-18-9-11-23(14-17(18)19(21-22)20(25)26)13-16-8-5-10-24(16)12-15-6-3-2-4-7-15;2-1-3/h2-4,6-7,16H,5,8-14H2,1H3,(H,25,26);1H,(H,2,3)/t16-;/m1./s1. The van der Waals surface area contributed by atoms with Crippen molar-refractivity contribution in [2.24, 2.45) is 7.05 Å². The predicted molar refractivity (Wildman–Crippen MR) is 108 cm³/mol. The topological polar surface area (TPSA) is 98.9 Å². The maximum absolute atomic E-state index is 11.5. The van der Waals surface area contributed by atoms with Crippen LogP contribution in [-0.4, -0.2) is 67.9 Å². The molecule has 8 heteroatoms. The van der Waals surface area contributed by atoms with Gasteiger partial charge in [-0.2, -0.15) is 5.10 Å². The lowest BCUT2D eigenvalue weighted by molar-refractivity contribution is -0.122. The summed E-state index contributed by atoms with van der Waals surface area (Å²) in [5.41, 5.74) is 3.56. The van der Waals surface area contributed by atoms with Gasteiger partial charge in [-0.05, 0) is 24.9 Å². The summed E-state index contributed by atoms with van der Waals surface area (Å²) >= 11 is 0. The molecule has 0 unspecified atom stereocenters. The van der Waals surface area contributed by atoms with E-state index in [-0.39, 0.29) is 12.2 Å². The van der Waals surface area contributed by atoms with E-state index in [1.54, 1.807) is 4.68 Å². The fourth-order valence-electron chi connectivity index (χ4n) is 4.40. The lowest BCUT2D eigenvalue weighted by Crippen LogP contribution is -2.42. The van der Waals surface area contributed by atoms with Gasteiger partial charge in [0.25, 0.3) is 6.47 Å². The van der Waals surface area contributed by atoms with Gasteiger partial charge in [-0.3, -0.25) is 19.3 Å². The molecule has 2 aromatic rings. The van der Waals surface area contributed by atoms with Gasteiger partial charge in [0.15, 0.2) is 5.69 Å². The molecule has 0 saturated carbocycles. The molecule has 4 rings (SSSR count). The number of fused-ring (bicyclic) bond motifs is 1. The molecule has 3 heterocycles. The number of hydrogen-bond donors (Lipinski definition) is 2. The number of aromatic carboxylic acids is 1. The van der Waals surface area contributed by atoms with E-state index in [1.807, 2.05) is 7.05 Å². The van der Waals surface area contributed by atoms with Crippen molar-refractivity contribution in [3.8, 4) is 0 Å². The van der Waals surface area contributed by atoms with E-state index in [4.69, 9.17) is 9.90 Å². The first-order valence-corrected chi connectivity index (χ1v) is 9.89. The number of carbonyl (C=O) groups is 2. The first-order chi connectivity index (χ1) is 14.0. The van der Waals surface area contributed by atoms with Gasteiger partial charge in [0.1, 0.15) is 0 Å². The molecule has 0 bridgehead atoms. The second kappa shape index (κ2) is 9.67. The van der Waals surface area contributed by atoms with Crippen molar-refractivity contribution in [3.63, 3.8) is 0 Å². The Hall–Kier alpha value is -2.71. The van der Waals surface area contributed by atoms with E-state index in [0.29, 0.717) is 12.6 Å². The van der Waals surface area contributed by atoms with Crippen LogP contribution >= 0.6 is 0 Å². The molecular formula is C21H28N4O4. The summed E-state index contributed by atoms with van der Waals surface area (Å²) in [6.07, 6.45) is 3.33. The van der Waals surface area contributed by atoms with Crippen LogP contribution < -0.4 is 0 Å². The fourth-order valence-corrected chi connectivity index (χ4v) is 4.40. The second-order valence-corrected chi connectivity index (χ2v) is 7.55. The van der Waals surface area contributed by atoms with Crippen LogP contribution in [0.4, 0.5) is 0 Å². The van der Waals surface area contributed by atoms with Crippen LogP contribution in [0.5, 0.6) is 0 Å². The lowest BCUT2D eigenvalue weighted by atomic mass is 10.0. The molecule has 0 radical (unpaired) electrons. The lowest BCUT2D eigenvalue weighted by Gasteiger charge is -2.33. The van der Waals surface area contributed by atoms with Crippen LogP contribution in [0.15, 0.2) is 30.3 Å². The van der Waals surface area contributed by atoms with Crippen molar-refractivity contribution in [2.75, 3.05) is 19.6 Å². The van der Waals surface area contributed by atoms with Gasteiger partial charge in [0.2, 0.25) is 0 Å². The zero-order chi connectivity index (χ0) is 20.8. The molecule has 2 N–H and O–H groups in total.